The molecule has 2 saturated heterocycles. The summed E-state index contributed by atoms with van der Waals surface area (Å²) in [5, 5.41) is 9.04. The number of carboxylic acids is 1. The highest BCUT2D eigenvalue weighted by molar-refractivity contribution is 5.69. The van der Waals surface area contributed by atoms with E-state index < -0.39 is 5.97 Å². The maximum atomic E-state index is 11.0. The fourth-order valence-electron chi connectivity index (χ4n) is 3.39. The van der Waals surface area contributed by atoms with Gasteiger partial charge in [-0.05, 0) is 25.8 Å². The standard InChI is InChI=1S/C13H24N2O3/c1-18-9-8-15(10-13(16)17)12-5-7-14-6-3-2-4-11(12)14/h11-12H,2-10H2,1H3,(H,16,17). The molecule has 0 amide bonds. The van der Waals surface area contributed by atoms with Crippen molar-refractivity contribution in [2.24, 2.45) is 0 Å². The number of ether oxygens (including phenoxy) is 1. The molecule has 0 aromatic carbocycles. The van der Waals surface area contributed by atoms with E-state index >= 15 is 0 Å². The Labute approximate surface area is 109 Å². The van der Waals surface area contributed by atoms with Crippen molar-refractivity contribution in [2.75, 3.05) is 39.9 Å². The van der Waals surface area contributed by atoms with Gasteiger partial charge in [-0.3, -0.25) is 14.6 Å². The summed E-state index contributed by atoms with van der Waals surface area (Å²) in [5.74, 6) is -0.736. The summed E-state index contributed by atoms with van der Waals surface area (Å²) in [6, 6.07) is 0.964. The Morgan fingerprint density at radius 1 is 1.39 bits per heavy atom. The van der Waals surface area contributed by atoms with Crippen LogP contribution in [0.1, 0.15) is 25.7 Å². The normalized spacial score (nSPS) is 28.6. The smallest absolute Gasteiger partial charge is 0.317 e. The molecule has 18 heavy (non-hydrogen) atoms. The average Bonchev–Trinajstić information content (AvgIpc) is 2.78. The van der Waals surface area contributed by atoms with Gasteiger partial charge in [-0.2, -0.15) is 0 Å². The Bertz CT molecular complexity index is 285. The van der Waals surface area contributed by atoms with Gasteiger partial charge in [0.1, 0.15) is 0 Å². The van der Waals surface area contributed by atoms with Crippen molar-refractivity contribution < 1.29 is 14.6 Å². The number of nitrogens with zero attached hydrogens (tertiary/aromatic N) is 2. The van der Waals surface area contributed by atoms with Crippen molar-refractivity contribution in [3.8, 4) is 0 Å². The molecule has 1 N–H and O–H groups in total. The summed E-state index contributed by atoms with van der Waals surface area (Å²) in [5.41, 5.74) is 0. The molecule has 0 spiro atoms. The first-order valence-corrected chi connectivity index (χ1v) is 6.91. The monoisotopic (exact) mass is 256 g/mol. The van der Waals surface area contributed by atoms with Gasteiger partial charge >= 0.3 is 5.97 Å². The zero-order valence-corrected chi connectivity index (χ0v) is 11.2. The van der Waals surface area contributed by atoms with Crippen LogP contribution in [0.25, 0.3) is 0 Å². The molecule has 104 valence electrons. The lowest BCUT2D eigenvalue weighted by Gasteiger charge is -2.37. The van der Waals surface area contributed by atoms with Crippen LogP contribution in [-0.2, 0) is 9.53 Å². The number of carbonyl (C=O) groups is 1. The number of hydrogen-bond donors (Lipinski definition) is 1. The highest BCUT2D eigenvalue weighted by Crippen LogP contribution is 2.30. The molecule has 2 heterocycles. The molecule has 2 atom stereocenters. The lowest BCUT2D eigenvalue weighted by molar-refractivity contribution is -0.139. The number of rotatable bonds is 6. The molecule has 5 nitrogen and oxygen atoms in total. The lowest BCUT2D eigenvalue weighted by atomic mass is 9.98. The molecule has 2 aliphatic rings. The van der Waals surface area contributed by atoms with Gasteiger partial charge in [0.15, 0.2) is 0 Å². The van der Waals surface area contributed by atoms with Crippen molar-refractivity contribution >= 4 is 5.97 Å². The number of carboxylic acid groups (broad SMARTS) is 1. The van der Waals surface area contributed by atoms with Crippen LogP contribution in [-0.4, -0.2) is 72.9 Å². The summed E-state index contributed by atoms with van der Waals surface area (Å²) >= 11 is 0. The number of fused-ring (bicyclic) bond motifs is 1. The van der Waals surface area contributed by atoms with Gasteiger partial charge < -0.3 is 9.84 Å². The molecule has 0 aromatic rings. The Balaban J connectivity index is 1.97. The molecule has 0 bridgehead atoms. The first-order valence-electron chi connectivity index (χ1n) is 6.91. The van der Waals surface area contributed by atoms with E-state index in [-0.39, 0.29) is 6.54 Å². The van der Waals surface area contributed by atoms with Gasteiger partial charge in [-0.1, -0.05) is 6.42 Å². The second-order valence-corrected chi connectivity index (χ2v) is 5.31. The van der Waals surface area contributed by atoms with E-state index in [2.05, 4.69) is 9.80 Å². The topological polar surface area (TPSA) is 53.0 Å². The van der Waals surface area contributed by atoms with Crippen LogP contribution in [0.4, 0.5) is 0 Å². The summed E-state index contributed by atoms with van der Waals surface area (Å²) in [7, 11) is 1.67. The van der Waals surface area contributed by atoms with E-state index in [1.165, 1.54) is 25.8 Å². The lowest BCUT2D eigenvalue weighted by Crippen LogP contribution is -2.49. The number of hydrogen-bond acceptors (Lipinski definition) is 4. The second kappa shape index (κ2) is 6.50. The molecular formula is C13H24N2O3. The molecule has 0 aliphatic carbocycles. The van der Waals surface area contributed by atoms with Crippen molar-refractivity contribution in [1.82, 2.24) is 9.80 Å². The van der Waals surface area contributed by atoms with Crippen LogP contribution < -0.4 is 0 Å². The molecule has 2 fully saturated rings. The summed E-state index contributed by atoms with van der Waals surface area (Å²) in [6.07, 6.45) is 4.89. The predicted molar refractivity (Wildman–Crippen MR) is 68.7 cm³/mol. The molecule has 5 heteroatoms. The third-order valence-electron chi connectivity index (χ3n) is 4.21. The highest BCUT2D eigenvalue weighted by Gasteiger charge is 2.38. The number of piperidine rings is 1. The van der Waals surface area contributed by atoms with Crippen LogP contribution in [0.3, 0.4) is 0 Å². The van der Waals surface area contributed by atoms with Gasteiger partial charge in [0, 0.05) is 32.3 Å². The zero-order chi connectivity index (χ0) is 13.0. The number of methoxy groups -OCH3 is 1. The van der Waals surface area contributed by atoms with Crippen LogP contribution in [0, 0.1) is 0 Å². The quantitative estimate of drug-likeness (QED) is 0.756. The molecule has 2 rings (SSSR count). The van der Waals surface area contributed by atoms with E-state index in [4.69, 9.17) is 9.84 Å². The first kappa shape index (κ1) is 13.8. The minimum Gasteiger partial charge on any atom is -0.480 e. The van der Waals surface area contributed by atoms with Crippen LogP contribution in [0.2, 0.25) is 0 Å². The molecular weight excluding hydrogens is 232 g/mol. The van der Waals surface area contributed by atoms with Crippen LogP contribution in [0.15, 0.2) is 0 Å². The van der Waals surface area contributed by atoms with E-state index in [1.54, 1.807) is 7.11 Å². The van der Waals surface area contributed by atoms with Crippen molar-refractivity contribution in [3.63, 3.8) is 0 Å². The molecule has 0 saturated carbocycles. The maximum absolute atomic E-state index is 11.0. The van der Waals surface area contributed by atoms with Crippen LogP contribution >= 0.6 is 0 Å². The van der Waals surface area contributed by atoms with Crippen LogP contribution in [0.5, 0.6) is 0 Å². The fourth-order valence-corrected chi connectivity index (χ4v) is 3.39. The Morgan fingerprint density at radius 2 is 2.22 bits per heavy atom. The van der Waals surface area contributed by atoms with Gasteiger partial charge in [-0.25, -0.2) is 0 Å². The molecule has 2 aliphatic heterocycles. The molecule has 2 unspecified atom stereocenters. The van der Waals surface area contributed by atoms with E-state index in [0.717, 1.165) is 19.5 Å². The predicted octanol–water partition coefficient (Wildman–Crippen LogP) is 0.646. The third kappa shape index (κ3) is 3.22. The SMILES string of the molecule is COCCN(CC(=O)O)C1CCN2CCCCC12. The largest absolute Gasteiger partial charge is 0.480 e. The summed E-state index contributed by atoms with van der Waals surface area (Å²) < 4.78 is 5.10. The van der Waals surface area contributed by atoms with Gasteiger partial charge in [0.05, 0.1) is 13.2 Å². The molecule has 0 aromatic heterocycles. The van der Waals surface area contributed by atoms with Crippen molar-refractivity contribution in [2.45, 2.75) is 37.8 Å². The molecule has 0 radical (unpaired) electrons. The fraction of sp³-hybridized carbons (Fsp3) is 0.923. The van der Waals surface area contributed by atoms with Gasteiger partial charge in [0.25, 0.3) is 0 Å². The second-order valence-electron chi connectivity index (χ2n) is 5.31. The van der Waals surface area contributed by atoms with Gasteiger partial charge in [0.2, 0.25) is 0 Å². The Morgan fingerprint density at radius 3 is 2.94 bits per heavy atom. The maximum Gasteiger partial charge on any atom is 0.317 e. The Hall–Kier alpha value is -0.650. The van der Waals surface area contributed by atoms with Gasteiger partial charge in [-0.15, -0.1) is 0 Å². The minimum atomic E-state index is -0.736. The van der Waals surface area contributed by atoms with Crippen molar-refractivity contribution in [1.29, 1.82) is 0 Å². The summed E-state index contributed by atoms with van der Waals surface area (Å²) in [4.78, 5) is 15.6. The van der Waals surface area contributed by atoms with Crippen molar-refractivity contribution in [3.05, 3.63) is 0 Å². The van der Waals surface area contributed by atoms with E-state index in [0.29, 0.717) is 18.7 Å². The Kier molecular flexibility index (Phi) is 4.97. The summed E-state index contributed by atoms with van der Waals surface area (Å²) in [6.45, 7) is 3.78. The first-order chi connectivity index (χ1) is 8.72. The number of aliphatic carboxylic acids is 1. The highest BCUT2D eigenvalue weighted by atomic mass is 16.5. The minimum absolute atomic E-state index is 0.137. The van der Waals surface area contributed by atoms with E-state index in [1.807, 2.05) is 0 Å². The van der Waals surface area contributed by atoms with E-state index in [9.17, 15) is 4.79 Å². The third-order valence-corrected chi connectivity index (χ3v) is 4.21. The average molecular weight is 256 g/mol. The zero-order valence-electron chi connectivity index (χ0n) is 11.2.